The Balaban J connectivity index is 1.63. The van der Waals surface area contributed by atoms with Gasteiger partial charge in [-0.15, -0.1) is 0 Å². The number of methoxy groups -OCH3 is 1. The summed E-state index contributed by atoms with van der Waals surface area (Å²) in [7, 11) is 1.56. The number of amides is 1. The lowest BCUT2D eigenvalue weighted by atomic mass is 10.1. The lowest BCUT2D eigenvalue weighted by Gasteiger charge is -2.13. The molecule has 2 heterocycles. The van der Waals surface area contributed by atoms with Gasteiger partial charge in [-0.1, -0.05) is 12.1 Å². The predicted molar refractivity (Wildman–Crippen MR) is 97.9 cm³/mol. The van der Waals surface area contributed by atoms with Gasteiger partial charge >= 0.3 is 0 Å². The average Bonchev–Trinajstić information content (AvgIpc) is 3.23. The lowest BCUT2D eigenvalue weighted by Crippen LogP contribution is -2.26. The van der Waals surface area contributed by atoms with Crippen LogP contribution in [0.3, 0.4) is 0 Å². The van der Waals surface area contributed by atoms with Crippen molar-refractivity contribution in [2.45, 2.75) is 19.4 Å². The molecule has 26 heavy (non-hydrogen) atoms. The Morgan fingerprint density at radius 3 is 2.96 bits per heavy atom. The first-order valence-corrected chi connectivity index (χ1v) is 8.40. The largest absolute Gasteiger partial charge is 0.481 e. The fourth-order valence-electron chi connectivity index (χ4n) is 2.57. The first-order chi connectivity index (χ1) is 12.7. The molecular weight excluding hydrogens is 330 g/mol. The standard InChI is InChI=1S/C19H21N5O2/c1-14(24-11-10-20-13-24)6-8-22-19(25)16-5-3-4-15(12-16)18-21-9-7-17(23-18)26-2/h3-5,7,9-14H,6,8H2,1-2H3,(H,22,25). The molecule has 0 aliphatic heterocycles. The van der Waals surface area contributed by atoms with Crippen LogP contribution in [-0.4, -0.2) is 39.1 Å². The molecule has 3 rings (SSSR count). The van der Waals surface area contributed by atoms with Gasteiger partial charge in [-0.05, 0) is 25.5 Å². The van der Waals surface area contributed by atoms with Crippen molar-refractivity contribution in [3.63, 3.8) is 0 Å². The molecule has 0 spiro atoms. The van der Waals surface area contributed by atoms with Gasteiger partial charge < -0.3 is 14.6 Å². The van der Waals surface area contributed by atoms with E-state index >= 15 is 0 Å². The van der Waals surface area contributed by atoms with Crippen LogP contribution in [0.5, 0.6) is 5.88 Å². The highest BCUT2D eigenvalue weighted by Crippen LogP contribution is 2.18. The molecule has 1 atom stereocenters. The molecule has 134 valence electrons. The van der Waals surface area contributed by atoms with Gasteiger partial charge in [0.1, 0.15) is 0 Å². The van der Waals surface area contributed by atoms with E-state index in [1.807, 2.05) is 22.9 Å². The normalized spacial score (nSPS) is 11.8. The van der Waals surface area contributed by atoms with Crippen LogP contribution >= 0.6 is 0 Å². The zero-order valence-electron chi connectivity index (χ0n) is 14.8. The molecule has 3 aromatic rings. The average molecular weight is 351 g/mol. The van der Waals surface area contributed by atoms with Gasteiger partial charge in [0.2, 0.25) is 5.88 Å². The second-order valence-electron chi connectivity index (χ2n) is 5.91. The van der Waals surface area contributed by atoms with Crippen LogP contribution in [0.25, 0.3) is 11.4 Å². The molecule has 0 saturated heterocycles. The Morgan fingerprint density at radius 1 is 1.31 bits per heavy atom. The number of hydrogen-bond acceptors (Lipinski definition) is 5. The predicted octanol–water partition coefficient (Wildman–Crippen LogP) is 2.73. The van der Waals surface area contributed by atoms with Crippen molar-refractivity contribution >= 4 is 5.91 Å². The Labute approximate surface area is 152 Å². The van der Waals surface area contributed by atoms with Gasteiger partial charge in [0.05, 0.1) is 13.4 Å². The van der Waals surface area contributed by atoms with Crippen molar-refractivity contribution in [2.24, 2.45) is 0 Å². The van der Waals surface area contributed by atoms with Crippen LogP contribution in [0.2, 0.25) is 0 Å². The van der Waals surface area contributed by atoms with Crippen LogP contribution in [0.4, 0.5) is 0 Å². The van der Waals surface area contributed by atoms with Crippen molar-refractivity contribution in [3.05, 3.63) is 60.8 Å². The SMILES string of the molecule is COc1ccnc(-c2cccc(C(=O)NCCC(C)n3ccnc3)c2)n1. The fraction of sp³-hybridized carbons (Fsp3) is 0.263. The van der Waals surface area contributed by atoms with E-state index in [-0.39, 0.29) is 11.9 Å². The zero-order chi connectivity index (χ0) is 18.4. The summed E-state index contributed by atoms with van der Waals surface area (Å²) in [6.07, 6.45) is 7.90. The summed E-state index contributed by atoms with van der Waals surface area (Å²) in [6.45, 7) is 2.67. The van der Waals surface area contributed by atoms with Crippen molar-refractivity contribution in [2.75, 3.05) is 13.7 Å². The maximum absolute atomic E-state index is 12.4. The van der Waals surface area contributed by atoms with Gasteiger partial charge in [0.15, 0.2) is 5.82 Å². The van der Waals surface area contributed by atoms with Crippen molar-refractivity contribution in [1.29, 1.82) is 0 Å². The van der Waals surface area contributed by atoms with E-state index in [9.17, 15) is 4.79 Å². The number of benzene rings is 1. The molecule has 0 aliphatic carbocycles. The van der Waals surface area contributed by atoms with Crippen LogP contribution in [0.1, 0.15) is 29.7 Å². The Morgan fingerprint density at radius 2 is 2.19 bits per heavy atom. The topological polar surface area (TPSA) is 81.9 Å². The molecule has 1 aromatic carbocycles. The molecule has 0 bridgehead atoms. The van der Waals surface area contributed by atoms with E-state index in [1.165, 1.54) is 0 Å². The highest BCUT2D eigenvalue weighted by molar-refractivity contribution is 5.95. The highest BCUT2D eigenvalue weighted by atomic mass is 16.5. The Hall–Kier alpha value is -3.22. The third-order valence-electron chi connectivity index (χ3n) is 4.10. The molecule has 1 N–H and O–H groups in total. The first kappa shape index (κ1) is 17.6. The van der Waals surface area contributed by atoms with E-state index in [0.717, 1.165) is 12.0 Å². The number of rotatable bonds is 7. The number of ether oxygens (including phenoxy) is 1. The molecule has 1 unspecified atom stereocenters. The second kappa shape index (κ2) is 8.24. The third kappa shape index (κ3) is 4.24. The van der Waals surface area contributed by atoms with Crippen molar-refractivity contribution < 1.29 is 9.53 Å². The maximum Gasteiger partial charge on any atom is 0.251 e. The summed E-state index contributed by atoms with van der Waals surface area (Å²) in [5.74, 6) is 0.888. The number of nitrogens with zero attached hydrogens (tertiary/aromatic N) is 4. The Bertz CT molecular complexity index is 864. The molecular formula is C19H21N5O2. The van der Waals surface area contributed by atoms with E-state index in [4.69, 9.17) is 4.74 Å². The fourth-order valence-corrected chi connectivity index (χ4v) is 2.57. The first-order valence-electron chi connectivity index (χ1n) is 8.40. The quantitative estimate of drug-likeness (QED) is 0.708. The zero-order valence-corrected chi connectivity index (χ0v) is 14.8. The van der Waals surface area contributed by atoms with Crippen molar-refractivity contribution in [3.8, 4) is 17.3 Å². The molecule has 0 aliphatic rings. The number of nitrogens with one attached hydrogen (secondary N) is 1. The molecule has 2 aromatic heterocycles. The van der Waals surface area contributed by atoms with Crippen LogP contribution < -0.4 is 10.1 Å². The molecule has 0 fully saturated rings. The number of hydrogen-bond donors (Lipinski definition) is 1. The summed E-state index contributed by atoms with van der Waals surface area (Å²) < 4.78 is 7.14. The molecule has 0 radical (unpaired) electrons. The highest BCUT2D eigenvalue weighted by Gasteiger charge is 2.10. The number of imidazole rings is 1. The molecule has 1 amide bonds. The maximum atomic E-state index is 12.4. The summed E-state index contributed by atoms with van der Waals surface area (Å²) in [5.41, 5.74) is 1.34. The minimum absolute atomic E-state index is 0.118. The Kier molecular flexibility index (Phi) is 5.58. The number of aromatic nitrogens is 4. The van der Waals surface area contributed by atoms with E-state index < -0.39 is 0 Å². The number of carbonyl (C=O) groups excluding carboxylic acids is 1. The van der Waals surface area contributed by atoms with Gasteiger partial charge in [0, 0.05) is 48.4 Å². The molecule has 7 heteroatoms. The van der Waals surface area contributed by atoms with E-state index in [1.54, 1.807) is 44.0 Å². The van der Waals surface area contributed by atoms with E-state index in [2.05, 4.69) is 27.2 Å². The third-order valence-corrected chi connectivity index (χ3v) is 4.10. The van der Waals surface area contributed by atoms with Crippen LogP contribution in [-0.2, 0) is 0 Å². The van der Waals surface area contributed by atoms with Gasteiger partial charge in [-0.3, -0.25) is 4.79 Å². The number of carbonyl (C=O) groups is 1. The molecule has 7 nitrogen and oxygen atoms in total. The lowest BCUT2D eigenvalue weighted by molar-refractivity contribution is 0.0952. The summed E-state index contributed by atoms with van der Waals surface area (Å²) >= 11 is 0. The van der Waals surface area contributed by atoms with E-state index in [0.29, 0.717) is 23.8 Å². The minimum atomic E-state index is -0.118. The smallest absolute Gasteiger partial charge is 0.251 e. The van der Waals surface area contributed by atoms with Gasteiger partial charge in [-0.2, -0.15) is 4.98 Å². The minimum Gasteiger partial charge on any atom is -0.481 e. The van der Waals surface area contributed by atoms with Crippen LogP contribution in [0.15, 0.2) is 55.2 Å². The summed E-state index contributed by atoms with van der Waals surface area (Å²) in [6, 6.07) is 9.20. The monoisotopic (exact) mass is 351 g/mol. The second-order valence-corrected chi connectivity index (χ2v) is 5.91. The van der Waals surface area contributed by atoms with Crippen molar-refractivity contribution in [1.82, 2.24) is 24.8 Å². The van der Waals surface area contributed by atoms with Crippen LogP contribution in [0, 0.1) is 0 Å². The summed E-state index contributed by atoms with van der Waals surface area (Å²) in [5, 5.41) is 2.95. The molecule has 0 saturated carbocycles. The van der Waals surface area contributed by atoms with Gasteiger partial charge in [0.25, 0.3) is 5.91 Å². The van der Waals surface area contributed by atoms with Gasteiger partial charge in [-0.25, -0.2) is 9.97 Å². The summed E-state index contributed by atoms with van der Waals surface area (Å²) in [4.78, 5) is 25.0.